The van der Waals surface area contributed by atoms with E-state index in [9.17, 15) is 5.11 Å². The van der Waals surface area contributed by atoms with Crippen LogP contribution < -0.4 is 0 Å². The van der Waals surface area contributed by atoms with Crippen molar-refractivity contribution in [1.29, 1.82) is 0 Å². The van der Waals surface area contributed by atoms with E-state index < -0.39 is 6.10 Å². The first-order valence-electron chi connectivity index (χ1n) is 8.48. The second kappa shape index (κ2) is 10.4. The van der Waals surface area contributed by atoms with Crippen LogP contribution in [0.5, 0.6) is 0 Å². The Balaban J connectivity index is 1.80. The molecule has 6 heteroatoms. The topological polar surface area (TPSA) is 45.2 Å². The number of ether oxygens (including phenoxy) is 2. The molecule has 0 radical (unpaired) electrons. The summed E-state index contributed by atoms with van der Waals surface area (Å²) in [6.45, 7) is 11.6. The van der Waals surface area contributed by atoms with E-state index in [2.05, 4.69) is 27.3 Å². The molecule has 0 saturated carbocycles. The zero-order valence-electron chi connectivity index (χ0n) is 14.3. The maximum absolute atomic E-state index is 10.2. The molecule has 1 aliphatic rings. The van der Waals surface area contributed by atoms with E-state index in [-0.39, 0.29) is 6.10 Å². The largest absolute Gasteiger partial charge is 0.389 e. The molecule has 0 spiro atoms. The molecule has 132 valence electrons. The van der Waals surface area contributed by atoms with E-state index in [4.69, 9.17) is 9.47 Å². The number of aliphatic hydroxyl groups is 1. The molecule has 1 unspecified atom stereocenters. The highest BCUT2D eigenvalue weighted by atomic mass is 32.1. The summed E-state index contributed by atoms with van der Waals surface area (Å²) >= 11 is 1.77. The van der Waals surface area contributed by atoms with Crippen LogP contribution in [0.3, 0.4) is 0 Å². The summed E-state index contributed by atoms with van der Waals surface area (Å²) in [6, 6.07) is 4.24. The molecule has 23 heavy (non-hydrogen) atoms. The van der Waals surface area contributed by atoms with E-state index in [1.807, 2.05) is 13.8 Å². The minimum atomic E-state index is -0.443. The second-order valence-electron chi connectivity index (χ2n) is 6.30. The molecule has 0 amide bonds. The Morgan fingerprint density at radius 1 is 1.39 bits per heavy atom. The zero-order chi connectivity index (χ0) is 16.5. The molecule has 1 N–H and O–H groups in total. The molecule has 1 atom stereocenters. The fraction of sp³-hybridized carbons (Fsp3) is 0.765. The van der Waals surface area contributed by atoms with Crippen molar-refractivity contribution in [3.05, 3.63) is 22.4 Å². The summed E-state index contributed by atoms with van der Waals surface area (Å²) in [5.74, 6) is 0. The van der Waals surface area contributed by atoms with E-state index in [1.165, 1.54) is 4.88 Å². The van der Waals surface area contributed by atoms with Gasteiger partial charge < -0.3 is 14.6 Å². The lowest BCUT2D eigenvalue weighted by molar-refractivity contribution is -0.0127. The summed E-state index contributed by atoms with van der Waals surface area (Å²) in [5, 5.41) is 12.3. The molecule has 2 rings (SSSR count). The highest BCUT2D eigenvalue weighted by Crippen LogP contribution is 2.12. The Morgan fingerprint density at radius 3 is 2.83 bits per heavy atom. The average Bonchev–Trinajstić information content (AvgIpc) is 3.04. The molecule has 0 aliphatic carbocycles. The van der Waals surface area contributed by atoms with Crippen molar-refractivity contribution in [3.63, 3.8) is 0 Å². The third-order valence-electron chi connectivity index (χ3n) is 3.89. The first-order chi connectivity index (χ1) is 11.1. The first kappa shape index (κ1) is 18.8. The third-order valence-corrected chi connectivity index (χ3v) is 4.75. The number of thiophene rings is 1. The normalized spacial score (nSPS) is 18.0. The summed E-state index contributed by atoms with van der Waals surface area (Å²) in [7, 11) is 0. The van der Waals surface area contributed by atoms with Crippen LogP contribution >= 0.6 is 11.3 Å². The van der Waals surface area contributed by atoms with Gasteiger partial charge in [0.2, 0.25) is 0 Å². The average molecular weight is 343 g/mol. The van der Waals surface area contributed by atoms with Crippen LogP contribution in [-0.2, 0) is 16.0 Å². The van der Waals surface area contributed by atoms with Gasteiger partial charge in [0.1, 0.15) is 0 Å². The van der Waals surface area contributed by atoms with Crippen LogP contribution in [0.25, 0.3) is 0 Å². The lowest BCUT2D eigenvalue weighted by atomic mass is 10.3. The minimum absolute atomic E-state index is 0.156. The molecule has 0 bridgehead atoms. The predicted octanol–water partition coefficient (Wildman–Crippen LogP) is 1.67. The van der Waals surface area contributed by atoms with Gasteiger partial charge in [-0.15, -0.1) is 11.3 Å². The summed E-state index contributed by atoms with van der Waals surface area (Å²) in [4.78, 5) is 6.10. The summed E-state index contributed by atoms with van der Waals surface area (Å²) < 4.78 is 10.9. The number of hydrogen-bond donors (Lipinski definition) is 1. The standard InChI is InChI=1S/C17H30N2O3S/c1-15(2)22-14-16(20)12-19(13-17-4-3-11-23-17)6-5-18-7-9-21-10-8-18/h3-4,11,15-16,20H,5-10,12-14H2,1-2H3. The Hall–Kier alpha value is -0.500. The fourth-order valence-electron chi connectivity index (χ4n) is 2.62. The van der Waals surface area contributed by atoms with Crippen molar-refractivity contribution >= 4 is 11.3 Å². The van der Waals surface area contributed by atoms with Crippen molar-refractivity contribution in [2.45, 2.75) is 32.6 Å². The number of morpholine rings is 1. The van der Waals surface area contributed by atoms with Crippen LogP contribution in [-0.4, -0.2) is 79.7 Å². The third kappa shape index (κ3) is 7.74. The van der Waals surface area contributed by atoms with Gasteiger partial charge in [0, 0.05) is 44.1 Å². The molecule has 1 aliphatic heterocycles. The Morgan fingerprint density at radius 2 is 2.17 bits per heavy atom. The maximum Gasteiger partial charge on any atom is 0.0900 e. The quantitative estimate of drug-likeness (QED) is 0.701. The molecule has 5 nitrogen and oxygen atoms in total. The Labute approximate surface area is 143 Å². The minimum Gasteiger partial charge on any atom is -0.389 e. The summed E-state index contributed by atoms with van der Waals surface area (Å²) in [5.41, 5.74) is 0. The zero-order valence-corrected chi connectivity index (χ0v) is 15.1. The number of rotatable bonds is 10. The van der Waals surface area contributed by atoms with E-state index >= 15 is 0 Å². The maximum atomic E-state index is 10.2. The molecule has 0 aromatic carbocycles. The van der Waals surface area contributed by atoms with Gasteiger partial charge >= 0.3 is 0 Å². The highest BCUT2D eigenvalue weighted by molar-refractivity contribution is 7.09. The van der Waals surface area contributed by atoms with Gasteiger partial charge in [-0.2, -0.15) is 0 Å². The van der Waals surface area contributed by atoms with E-state index in [1.54, 1.807) is 11.3 Å². The molecule has 2 heterocycles. The highest BCUT2D eigenvalue weighted by Gasteiger charge is 2.16. The van der Waals surface area contributed by atoms with Gasteiger partial charge in [0.15, 0.2) is 0 Å². The van der Waals surface area contributed by atoms with Gasteiger partial charge in [0.25, 0.3) is 0 Å². The van der Waals surface area contributed by atoms with Gasteiger partial charge in [-0.25, -0.2) is 0 Å². The van der Waals surface area contributed by atoms with Gasteiger partial charge in [-0.3, -0.25) is 9.80 Å². The Bertz CT molecular complexity index is 408. The number of aliphatic hydroxyl groups excluding tert-OH is 1. The number of nitrogens with zero attached hydrogens (tertiary/aromatic N) is 2. The van der Waals surface area contributed by atoms with Crippen molar-refractivity contribution < 1.29 is 14.6 Å². The smallest absolute Gasteiger partial charge is 0.0900 e. The van der Waals surface area contributed by atoms with E-state index in [0.29, 0.717) is 13.2 Å². The van der Waals surface area contributed by atoms with Crippen molar-refractivity contribution in [1.82, 2.24) is 9.80 Å². The van der Waals surface area contributed by atoms with E-state index in [0.717, 1.165) is 45.9 Å². The predicted molar refractivity (Wildman–Crippen MR) is 93.9 cm³/mol. The molecule has 1 saturated heterocycles. The van der Waals surface area contributed by atoms with Crippen LogP contribution in [0.2, 0.25) is 0 Å². The second-order valence-corrected chi connectivity index (χ2v) is 7.34. The van der Waals surface area contributed by atoms with Gasteiger partial charge in [0.05, 0.1) is 32.0 Å². The molecule has 1 fully saturated rings. The van der Waals surface area contributed by atoms with Crippen LogP contribution in [0.4, 0.5) is 0 Å². The Kier molecular flexibility index (Phi) is 8.50. The van der Waals surface area contributed by atoms with Crippen LogP contribution in [0.1, 0.15) is 18.7 Å². The fourth-order valence-corrected chi connectivity index (χ4v) is 3.37. The molecular formula is C17H30N2O3S. The van der Waals surface area contributed by atoms with Crippen LogP contribution in [0, 0.1) is 0 Å². The molecule has 1 aromatic rings. The lowest BCUT2D eigenvalue weighted by Gasteiger charge is -2.30. The molecular weight excluding hydrogens is 312 g/mol. The monoisotopic (exact) mass is 342 g/mol. The molecule has 1 aromatic heterocycles. The summed E-state index contributed by atoms with van der Waals surface area (Å²) in [6.07, 6.45) is -0.286. The SMILES string of the molecule is CC(C)OCC(O)CN(CCN1CCOCC1)Cc1cccs1. The lowest BCUT2D eigenvalue weighted by Crippen LogP contribution is -2.43. The van der Waals surface area contributed by atoms with Crippen molar-refractivity contribution in [2.75, 3.05) is 52.5 Å². The first-order valence-corrected chi connectivity index (χ1v) is 9.36. The van der Waals surface area contributed by atoms with Gasteiger partial charge in [-0.1, -0.05) is 6.07 Å². The van der Waals surface area contributed by atoms with Crippen LogP contribution in [0.15, 0.2) is 17.5 Å². The van der Waals surface area contributed by atoms with Crippen molar-refractivity contribution in [3.8, 4) is 0 Å². The van der Waals surface area contributed by atoms with Gasteiger partial charge in [-0.05, 0) is 25.3 Å². The number of hydrogen-bond acceptors (Lipinski definition) is 6. The van der Waals surface area contributed by atoms with Crippen molar-refractivity contribution in [2.24, 2.45) is 0 Å².